The largest absolute Gasteiger partial charge is 0.310 e. The van der Waals surface area contributed by atoms with Gasteiger partial charge >= 0.3 is 0 Å². The predicted octanol–water partition coefficient (Wildman–Crippen LogP) is 2.55. The van der Waals surface area contributed by atoms with Crippen LogP contribution in [0.4, 0.5) is 8.78 Å². The van der Waals surface area contributed by atoms with Crippen LogP contribution in [-0.4, -0.2) is 27.4 Å². The second-order valence-electron chi connectivity index (χ2n) is 4.13. The molecule has 2 N–H and O–H groups in total. The average Bonchev–Trinajstić information content (AvgIpc) is 2.66. The van der Waals surface area contributed by atoms with Gasteiger partial charge < -0.3 is 5.32 Å². The molecule has 0 saturated heterocycles. The van der Waals surface area contributed by atoms with Crippen LogP contribution in [0.3, 0.4) is 0 Å². The topological polar surface area (TPSA) is 58.2 Å². The second kappa shape index (κ2) is 7.07. The van der Waals surface area contributed by atoms with E-state index < -0.39 is 23.0 Å². The third-order valence-corrected chi connectivity index (χ3v) is 5.78. The standard InChI is InChI=1S/C10H15BrF2N2O2S2/c1-6(2)14-4-7-3-8(10(11)18-7)19(16,17)15-5-9(12)13/h3,6,9,14-15H,4-5H2,1-2H3. The molecule has 0 bridgehead atoms. The van der Waals surface area contributed by atoms with Crippen LogP contribution in [0.5, 0.6) is 0 Å². The molecule has 1 aromatic rings. The van der Waals surface area contributed by atoms with Crippen molar-refractivity contribution >= 4 is 37.3 Å². The lowest BCUT2D eigenvalue weighted by atomic mass is 10.4. The van der Waals surface area contributed by atoms with E-state index in [4.69, 9.17) is 0 Å². The molecule has 0 aromatic carbocycles. The van der Waals surface area contributed by atoms with Gasteiger partial charge in [0.05, 0.1) is 10.3 Å². The minimum atomic E-state index is -3.90. The molecule has 0 aliphatic heterocycles. The summed E-state index contributed by atoms with van der Waals surface area (Å²) in [6, 6.07) is 1.76. The minimum Gasteiger partial charge on any atom is -0.310 e. The Morgan fingerprint density at radius 1 is 1.42 bits per heavy atom. The van der Waals surface area contributed by atoms with E-state index >= 15 is 0 Å². The van der Waals surface area contributed by atoms with Gasteiger partial charge in [-0.2, -0.15) is 0 Å². The fourth-order valence-corrected chi connectivity index (χ4v) is 4.86. The number of thiophene rings is 1. The van der Waals surface area contributed by atoms with Gasteiger partial charge in [0, 0.05) is 17.5 Å². The molecule has 1 aromatic heterocycles. The van der Waals surface area contributed by atoms with Crippen molar-refractivity contribution < 1.29 is 17.2 Å². The van der Waals surface area contributed by atoms with Crippen LogP contribution in [0, 0.1) is 0 Å². The Morgan fingerprint density at radius 3 is 2.58 bits per heavy atom. The summed E-state index contributed by atoms with van der Waals surface area (Å²) in [6.45, 7) is 3.60. The summed E-state index contributed by atoms with van der Waals surface area (Å²) in [4.78, 5) is 0.816. The molecule has 0 aliphatic carbocycles. The summed E-state index contributed by atoms with van der Waals surface area (Å²) in [7, 11) is -3.90. The molecular formula is C10H15BrF2N2O2S2. The number of rotatable bonds is 7. The van der Waals surface area contributed by atoms with E-state index in [1.54, 1.807) is 0 Å². The number of sulfonamides is 1. The van der Waals surface area contributed by atoms with Crippen molar-refractivity contribution in [3.05, 3.63) is 14.7 Å². The molecule has 0 radical (unpaired) electrons. The van der Waals surface area contributed by atoms with E-state index in [0.717, 1.165) is 4.88 Å². The zero-order chi connectivity index (χ0) is 14.6. The van der Waals surface area contributed by atoms with Crippen LogP contribution >= 0.6 is 27.3 Å². The summed E-state index contributed by atoms with van der Waals surface area (Å²) in [5, 5.41) is 3.16. The quantitative estimate of drug-likeness (QED) is 0.768. The Balaban J connectivity index is 2.83. The van der Waals surface area contributed by atoms with Gasteiger partial charge in [0.25, 0.3) is 6.43 Å². The summed E-state index contributed by atoms with van der Waals surface area (Å²) in [5.41, 5.74) is 0. The zero-order valence-corrected chi connectivity index (χ0v) is 13.6. The molecule has 0 unspecified atom stereocenters. The first-order valence-electron chi connectivity index (χ1n) is 5.51. The third-order valence-electron chi connectivity index (χ3n) is 2.11. The third kappa shape index (κ3) is 5.42. The average molecular weight is 377 g/mol. The van der Waals surface area contributed by atoms with Crippen molar-refractivity contribution in [2.75, 3.05) is 6.54 Å². The number of hydrogen-bond acceptors (Lipinski definition) is 4. The van der Waals surface area contributed by atoms with Gasteiger partial charge in [-0.25, -0.2) is 21.9 Å². The lowest BCUT2D eigenvalue weighted by Gasteiger charge is -2.05. The predicted molar refractivity (Wildman–Crippen MR) is 75.2 cm³/mol. The SMILES string of the molecule is CC(C)NCc1cc(S(=O)(=O)NCC(F)F)c(Br)s1. The highest BCUT2D eigenvalue weighted by atomic mass is 79.9. The summed E-state index contributed by atoms with van der Waals surface area (Å²) in [5.74, 6) is 0. The molecule has 0 atom stereocenters. The molecule has 4 nitrogen and oxygen atoms in total. The molecule has 0 spiro atoms. The summed E-state index contributed by atoms with van der Waals surface area (Å²) >= 11 is 4.42. The van der Waals surface area contributed by atoms with E-state index in [1.807, 2.05) is 18.6 Å². The highest BCUT2D eigenvalue weighted by molar-refractivity contribution is 9.11. The van der Waals surface area contributed by atoms with Crippen molar-refractivity contribution in [3.8, 4) is 0 Å². The molecule has 110 valence electrons. The highest BCUT2D eigenvalue weighted by Crippen LogP contribution is 2.31. The Kier molecular flexibility index (Phi) is 6.31. The molecule has 1 rings (SSSR count). The van der Waals surface area contributed by atoms with E-state index in [-0.39, 0.29) is 10.9 Å². The van der Waals surface area contributed by atoms with E-state index in [0.29, 0.717) is 10.3 Å². The van der Waals surface area contributed by atoms with Gasteiger partial charge in [-0.1, -0.05) is 13.8 Å². The first-order chi connectivity index (χ1) is 8.72. The smallest absolute Gasteiger partial charge is 0.251 e. The van der Waals surface area contributed by atoms with Crippen molar-refractivity contribution in [1.82, 2.24) is 10.0 Å². The van der Waals surface area contributed by atoms with E-state index in [2.05, 4.69) is 21.2 Å². The molecule has 0 saturated carbocycles. The maximum atomic E-state index is 12.1. The molecular weight excluding hydrogens is 362 g/mol. The highest BCUT2D eigenvalue weighted by Gasteiger charge is 2.22. The van der Waals surface area contributed by atoms with Crippen LogP contribution in [0.2, 0.25) is 0 Å². The Hall–Kier alpha value is -0.0900. The number of nitrogens with one attached hydrogen (secondary N) is 2. The molecule has 19 heavy (non-hydrogen) atoms. The first kappa shape index (κ1) is 17.0. The summed E-state index contributed by atoms with van der Waals surface area (Å²) < 4.78 is 50.0. The van der Waals surface area contributed by atoms with E-state index in [9.17, 15) is 17.2 Å². The maximum Gasteiger partial charge on any atom is 0.251 e. The molecule has 0 fully saturated rings. The first-order valence-corrected chi connectivity index (χ1v) is 8.61. The second-order valence-corrected chi connectivity index (χ2v) is 8.32. The van der Waals surface area contributed by atoms with Crippen molar-refractivity contribution in [1.29, 1.82) is 0 Å². The Morgan fingerprint density at radius 2 is 2.05 bits per heavy atom. The molecule has 9 heteroatoms. The van der Waals surface area contributed by atoms with Crippen molar-refractivity contribution in [2.45, 2.75) is 37.8 Å². The zero-order valence-electron chi connectivity index (χ0n) is 10.4. The summed E-state index contributed by atoms with van der Waals surface area (Å²) in [6.07, 6.45) is -2.71. The van der Waals surface area contributed by atoms with Crippen LogP contribution in [0.1, 0.15) is 18.7 Å². The van der Waals surface area contributed by atoms with Gasteiger partial charge in [0.2, 0.25) is 10.0 Å². The Bertz CT molecular complexity index is 518. The van der Waals surface area contributed by atoms with Gasteiger partial charge in [0.15, 0.2) is 0 Å². The fourth-order valence-electron chi connectivity index (χ4n) is 1.22. The van der Waals surface area contributed by atoms with E-state index in [1.165, 1.54) is 17.4 Å². The van der Waals surface area contributed by atoms with Crippen LogP contribution in [0.25, 0.3) is 0 Å². The fraction of sp³-hybridized carbons (Fsp3) is 0.600. The van der Waals surface area contributed by atoms with Crippen LogP contribution in [-0.2, 0) is 16.6 Å². The maximum absolute atomic E-state index is 12.1. The van der Waals surface area contributed by atoms with Crippen molar-refractivity contribution in [2.24, 2.45) is 0 Å². The molecule has 0 amide bonds. The van der Waals surface area contributed by atoms with Gasteiger partial charge in [0.1, 0.15) is 4.90 Å². The molecule has 1 heterocycles. The van der Waals surface area contributed by atoms with Gasteiger partial charge in [-0.3, -0.25) is 0 Å². The van der Waals surface area contributed by atoms with Crippen LogP contribution in [0.15, 0.2) is 14.7 Å². The van der Waals surface area contributed by atoms with Crippen LogP contribution < -0.4 is 10.0 Å². The van der Waals surface area contributed by atoms with Gasteiger partial charge in [-0.05, 0) is 22.0 Å². The monoisotopic (exact) mass is 376 g/mol. The Labute approximate surface area is 123 Å². The number of alkyl halides is 2. The minimum absolute atomic E-state index is 0.00120. The molecule has 0 aliphatic rings. The normalized spacial score (nSPS) is 12.6. The lowest BCUT2D eigenvalue weighted by Crippen LogP contribution is -2.28. The van der Waals surface area contributed by atoms with Crippen molar-refractivity contribution in [3.63, 3.8) is 0 Å². The number of halogens is 3. The lowest BCUT2D eigenvalue weighted by molar-refractivity contribution is 0.153. The number of hydrogen-bond donors (Lipinski definition) is 2. The van der Waals surface area contributed by atoms with Gasteiger partial charge in [-0.15, -0.1) is 11.3 Å².